The summed E-state index contributed by atoms with van der Waals surface area (Å²) < 4.78 is 1.13. The van der Waals surface area contributed by atoms with Gasteiger partial charge in [0.1, 0.15) is 0 Å². The Bertz CT molecular complexity index is 351. The SMILES string of the molecule is CC1Nc2ccc(Br)cc2N(C)C1C. The first kappa shape index (κ1) is 9.84. The van der Waals surface area contributed by atoms with Crippen molar-refractivity contribution in [1.29, 1.82) is 0 Å². The van der Waals surface area contributed by atoms with Crippen LogP contribution in [0.1, 0.15) is 13.8 Å². The Morgan fingerprint density at radius 1 is 1.36 bits per heavy atom. The molecule has 1 aliphatic rings. The maximum atomic E-state index is 3.50. The fraction of sp³-hybridized carbons (Fsp3) is 0.455. The molecular weight excluding hydrogens is 240 g/mol. The summed E-state index contributed by atoms with van der Waals surface area (Å²) in [6, 6.07) is 7.37. The second kappa shape index (κ2) is 3.46. The molecule has 2 atom stereocenters. The monoisotopic (exact) mass is 254 g/mol. The van der Waals surface area contributed by atoms with Crippen molar-refractivity contribution in [1.82, 2.24) is 0 Å². The molecule has 1 aromatic rings. The molecule has 0 saturated heterocycles. The lowest BCUT2D eigenvalue weighted by atomic mass is 10.0. The van der Waals surface area contributed by atoms with E-state index < -0.39 is 0 Å². The van der Waals surface area contributed by atoms with Gasteiger partial charge in [0, 0.05) is 23.6 Å². The highest BCUT2D eigenvalue weighted by molar-refractivity contribution is 9.10. The second-order valence-electron chi connectivity index (χ2n) is 3.95. The van der Waals surface area contributed by atoms with Crippen molar-refractivity contribution < 1.29 is 0 Å². The molecule has 2 unspecified atom stereocenters. The Labute approximate surface area is 93.4 Å². The third-order valence-corrected chi connectivity index (χ3v) is 3.55. The number of likely N-dealkylation sites (N-methyl/N-ethyl adjacent to an activating group) is 1. The van der Waals surface area contributed by atoms with Crippen molar-refractivity contribution in [2.24, 2.45) is 0 Å². The Morgan fingerprint density at radius 3 is 2.79 bits per heavy atom. The fourth-order valence-electron chi connectivity index (χ4n) is 1.84. The van der Waals surface area contributed by atoms with Gasteiger partial charge in [0.25, 0.3) is 0 Å². The number of fused-ring (bicyclic) bond motifs is 1. The minimum Gasteiger partial charge on any atom is -0.379 e. The molecule has 0 amide bonds. The van der Waals surface area contributed by atoms with Crippen LogP contribution in [0.15, 0.2) is 22.7 Å². The van der Waals surface area contributed by atoms with E-state index >= 15 is 0 Å². The lowest BCUT2D eigenvalue weighted by Crippen LogP contribution is -2.45. The standard InChI is InChI=1S/C11H15BrN2/c1-7-8(2)14(3)11-6-9(12)4-5-10(11)13-7/h4-8,13H,1-3H3. The topological polar surface area (TPSA) is 15.3 Å². The zero-order valence-corrected chi connectivity index (χ0v) is 10.3. The molecule has 1 N–H and O–H groups in total. The molecule has 3 heteroatoms. The van der Waals surface area contributed by atoms with E-state index in [-0.39, 0.29) is 0 Å². The third kappa shape index (κ3) is 1.50. The van der Waals surface area contributed by atoms with E-state index in [1.54, 1.807) is 0 Å². The quantitative estimate of drug-likeness (QED) is 0.766. The predicted octanol–water partition coefficient (Wildman–Crippen LogP) is 3.09. The lowest BCUT2D eigenvalue weighted by molar-refractivity contribution is 0.587. The van der Waals surface area contributed by atoms with E-state index in [0.717, 1.165) is 4.47 Å². The number of nitrogens with zero attached hydrogens (tertiary/aromatic N) is 1. The van der Waals surface area contributed by atoms with Crippen LogP contribution in [0.25, 0.3) is 0 Å². The fourth-order valence-corrected chi connectivity index (χ4v) is 2.19. The Hall–Kier alpha value is -0.700. The van der Waals surface area contributed by atoms with Crippen molar-refractivity contribution in [3.05, 3.63) is 22.7 Å². The zero-order chi connectivity index (χ0) is 10.3. The molecule has 1 heterocycles. The van der Waals surface area contributed by atoms with Crippen LogP contribution in [0, 0.1) is 0 Å². The summed E-state index contributed by atoms with van der Waals surface area (Å²) in [6.07, 6.45) is 0. The molecular formula is C11H15BrN2. The average molecular weight is 255 g/mol. The number of anilines is 2. The molecule has 1 aliphatic heterocycles. The number of hydrogen-bond donors (Lipinski definition) is 1. The Morgan fingerprint density at radius 2 is 2.07 bits per heavy atom. The van der Waals surface area contributed by atoms with Gasteiger partial charge in [-0.25, -0.2) is 0 Å². The minimum atomic E-state index is 0.494. The number of nitrogens with one attached hydrogen (secondary N) is 1. The highest BCUT2D eigenvalue weighted by atomic mass is 79.9. The van der Waals surface area contributed by atoms with Gasteiger partial charge >= 0.3 is 0 Å². The highest BCUT2D eigenvalue weighted by Crippen LogP contribution is 2.34. The maximum absolute atomic E-state index is 3.50. The molecule has 0 aliphatic carbocycles. The molecule has 2 nitrogen and oxygen atoms in total. The van der Waals surface area contributed by atoms with Crippen molar-refractivity contribution in [3.63, 3.8) is 0 Å². The van der Waals surface area contributed by atoms with E-state index in [1.807, 2.05) is 0 Å². The Balaban J connectivity index is 2.46. The molecule has 1 aromatic carbocycles. The van der Waals surface area contributed by atoms with Gasteiger partial charge in [0.05, 0.1) is 11.4 Å². The number of benzene rings is 1. The molecule has 14 heavy (non-hydrogen) atoms. The first-order valence-corrected chi connectivity index (χ1v) is 5.68. The van der Waals surface area contributed by atoms with Gasteiger partial charge in [0.15, 0.2) is 0 Å². The van der Waals surface area contributed by atoms with Gasteiger partial charge in [-0.15, -0.1) is 0 Å². The largest absolute Gasteiger partial charge is 0.379 e. The van der Waals surface area contributed by atoms with E-state index in [9.17, 15) is 0 Å². The molecule has 76 valence electrons. The normalized spacial score (nSPS) is 25.6. The van der Waals surface area contributed by atoms with Gasteiger partial charge in [-0.2, -0.15) is 0 Å². The molecule has 0 aromatic heterocycles. The van der Waals surface area contributed by atoms with Gasteiger partial charge in [-0.1, -0.05) is 15.9 Å². The second-order valence-corrected chi connectivity index (χ2v) is 4.86. The molecule has 0 bridgehead atoms. The highest BCUT2D eigenvalue weighted by Gasteiger charge is 2.25. The van der Waals surface area contributed by atoms with E-state index in [1.165, 1.54) is 11.4 Å². The van der Waals surface area contributed by atoms with Crippen LogP contribution in [-0.4, -0.2) is 19.1 Å². The summed E-state index contributed by atoms with van der Waals surface area (Å²) in [5, 5.41) is 3.50. The number of hydrogen-bond acceptors (Lipinski definition) is 2. The summed E-state index contributed by atoms with van der Waals surface area (Å²) in [6.45, 7) is 4.45. The summed E-state index contributed by atoms with van der Waals surface area (Å²) in [7, 11) is 2.15. The summed E-state index contributed by atoms with van der Waals surface area (Å²) in [5.41, 5.74) is 2.49. The summed E-state index contributed by atoms with van der Waals surface area (Å²) >= 11 is 3.50. The minimum absolute atomic E-state index is 0.494. The van der Waals surface area contributed by atoms with Crippen LogP contribution in [0.3, 0.4) is 0 Å². The number of rotatable bonds is 0. The van der Waals surface area contributed by atoms with Crippen molar-refractivity contribution in [2.75, 3.05) is 17.3 Å². The number of halogens is 1. The average Bonchev–Trinajstić information content (AvgIpc) is 2.16. The van der Waals surface area contributed by atoms with Gasteiger partial charge in [0.2, 0.25) is 0 Å². The molecule has 0 saturated carbocycles. The predicted molar refractivity (Wildman–Crippen MR) is 65.1 cm³/mol. The smallest absolute Gasteiger partial charge is 0.0613 e. The van der Waals surface area contributed by atoms with Crippen LogP contribution < -0.4 is 10.2 Å². The molecule has 2 rings (SSSR count). The van der Waals surface area contributed by atoms with Crippen LogP contribution in [0.5, 0.6) is 0 Å². The van der Waals surface area contributed by atoms with Gasteiger partial charge < -0.3 is 10.2 Å². The lowest BCUT2D eigenvalue weighted by Gasteiger charge is -2.39. The van der Waals surface area contributed by atoms with Crippen molar-refractivity contribution in [3.8, 4) is 0 Å². The Kier molecular flexibility index (Phi) is 2.43. The maximum Gasteiger partial charge on any atom is 0.0613 e. The first-order valence-electron chi connectivity index (χ1n) is 4.88. The molecule has 0 radical (unpaired) electrons. The third-order valence-electron chi connectivity index (χ3n) is 3.06. The van der Waals surface area contributed by atoms with Crippen molar-refractivity contribution >= 4 is 27.3 Å². The summed E-state index contributed by atoms with van der Waals surface area (Å²) in [4.78, 5) is 2.32. The molecule has 0 spiro atoms. The van der Waals surface area contributed by atoms with Crippen molar-refractivity contribution in [2.45, 2.75) is 25.9 Å². The van der Waals surface area contributed by atoms with Crippen LogP contribution >= 0.6 is 15.9 Å². The van der Waals surface area contributed by atoms with Crippen LogP contribution in [-0.2, 0) is 0 Å². The van der Waals surface area contributed by atoms with Gasteiger partial charge in [-0.3, -0.25) is 0 Å². The first-order chi connectivity index (χ1) is 6.59. The van der Waals surface area contributed by atoms with Crippen LogP contribution in [0.2, 0.25) is 0 Å². The molecule has 0 fully saturated rings. The summed E-state index contributed by atoms with van der Waals surface area (Å²) in [5.74, 6) is 0. The van der Waals surface area contributed by atoms with E-state index in [4.69, 9.17) is 0 Å². The van der Waals surface area contributed by atoms with E-state index in [0.29, 0.717) is 12.1 Å². The van der Waals surface area contributed by atoms with Gasteiger partial charge in [-0.05, 0) is 32.0 Å². The van der Waals surface area contributed by atoms with Crippen LogP contribution in [0.4, 0.5) is 11.4 Å². The van der Waals surface area contributed by atoms with E-state index in [2.05, 4.69) is 65.2 Å². The zero-order valence-electron chi connectivity index (χ0n) is 8.71.